The Hall–Kier alpha value is -1.14. The van der Waals surface area contributed by atoms with Gasteiger partial charge in [-0.25, -0.2) is 0 Å². The summed E-state index contributed by atoms with van der Waals surface area (Å²) in [5, 5.41) is 23.3. The van der Waals surface area contributed by atoms with E-state index in [2.05, 4.69) is 19.2 Å². The third-order valence-corrected chi connectivity index (χ3v) is 14.9. The minimum atomic E-state index is -0.661. The molecule has 0 aromatic rings. The van der Waals surface area contributed by atoms with Crippen LogP contribution in [0.4, 0.5) is 0 Å². The van der Waals surface area contributed by atoms with E-state index in [1.807, 2.05) is 0 Å². The molecular formula is C62H123NO5. The SMILES string of the molecule is CCCCCCCCCCCCCCCCC(O)C(CO)NC(=O)CCCCCCCCCCCCCCCCCCCCCCCCCCCOC(=O)CCCCCCCCCCCCCC. The molecule has 0 aliphatic rings. The minimum absolute atomic E-state index is 0.0180. The van der Waals surface area contributed by atoms with Gasteiger partial charge in [-0.2, -0.15) is 0 Å². The van der Waals surface area contributed by atoms with Crippen LogP contribution in [0.25, 0.3) is 0 Å². The first kappa shape index (κ1) is 66.9. The Morgan fingerprint density at radius 2 is 0.603 bits per heavy atom. The lowest BCUT2D eigenvalue weighted by atomic mass is 10.0. The van der Waals surface area contributed by atoms with Crippen molar-refractivity contribution >= 4 is 11.9 Å². The van der Waals surface area contributed by atoms with Crippen molar-refractivity contribution in [2.45, 2.75) is 373 Å². The van der Waals surface area contributed by atoms with Crippen LogP contribution in [0.5, 0.6) is 0 Å². The standard InChI is InChI=1S/C62H123NO5/c1-3-5-7-9-11-13-15-17-31-34-38-42-46-50-54-60(65)59(58-64)63-61(66)55-51-47-43-39-35-32-29-27-25-23-21-19-18-20-22-24-26-28-30-33-37-41-45-49-53-57-68-62(67)56-52-48-44-40-36-16-14-12-10-8-6-4-2/h59-60,64-65H,3-58H2,1-2H3,(H,63,66). The maximum absolute atomic E-state index is 12.5. The van der Waals surface area contributed by atoms with Crippen LogP contribution < -0.4 is 5.32 Å². The van der Waals surface area contributed by atoms with Crippen LogP contribution in [0.1, 0.15) is 361 Å². The summed E-state index contributed by atoms with van der Waals surface area (Å²) < 4.78 is 5.48. The molecule has 0 aliphatic heterocycles. The molecule has 0 radical (unpaired) electrons. The largest absolute Gasteiger partial charge is 0.466 e. The zero-order valence-electron chi connectivity index (χ0n) is 46.4. The van der Waals surface area contributed by atoms with Crippen LogP contribution in [-0.4, -0.2) is 47.4 Å². The zero-order valence-corrected chi connectivity index (χ0v) is 46.4. The number of hydrogen-bond acceptors (Lipinski definition) is 5. The van der Waals surface area contributed by atoms with E-state index in [0.29, 0.717) is 25.9 Å². The van der Waals surface area contributed by atoms with E-state index in [1.165, 1.54) is 289 Å². The number of ether oxygens (including phenoxy) is 1. The smallest absolute Gasteiger partial charge is 0.305 e. The molecule has 6 nitrogen and oxygen atoms in total. The van der Waals surface area contributed by atoms with E-state index in [4.69, 9.17) is 4.74 Å². The van der Waals surface area contributed by atoms with Gasteiger partial charge < -0.3 is 20.3 Å². The van der Waals surface area contributed by atoms with Crippen LogP contribution in [-0.2, 0) is 14.3 Å². The van der Waals surface area contributed by atoms with Gasteiger partial charge in [-0.15, -0.1) is 0 Å². The van der Waals surface area contributed by atoms with Crippen molar-refractivity contribution in [3.05, 3.63) is 0 Å². The van der Waals surface area contributed by atoms with Crippen LogP contribution in [0.15, 0.2) is 0 Å². The molecule has 0 aromatic carbocycles. The molecule has 0 aliphatic carbocycles. The number of unbranched alkanes of at least 4 members (excludes halogenated alkanes) is 48. The molecule has 0 aromatic heterocycles. The third kappa shape index (κ3) is 54.2. The fraction of sp³-hybridized carbons (Fsp3) is 0.968. The normalized spacial score (nSPS) is 12.5. The number of aliphatic hydroxyl groups excluding tert-OH is 2. The molecule has 0 bridgehead atoms. The molecule has 3 N–H and O–H groups in total. The van der Waals surface area contributed by atoms with Gasteiger partial charge in [-0.1, -0.05) is 322 Å². The first-order valence-corrected chi connectivity index (χ1v) is 31.3. The zero-order chi connectivity index (χ0) is 49.3. The van der Waals surface area contributed by atoms with Crippen molar-refractivity contribution in [1.82, 2.24) is 5.32 Å². The Labute approximate surface area is 426 Å². The number of hydrogen-bond donors (Lipinski definition) is 3. The quantitative estimate of drug-likeness (QED) is 0.0417. The van der Waals surface area contributed by atoms with Crippen molar-refractivity contribution in [2.24, 2.45) is 0 Å². The Kier molecular flexibility index (Phi) is 57.5. The van der Waals surface area contributed by atoms with Crippen molar-refractivity contribution in [2.75, 3.05) is 13.2 Å². The molecule has 406 valence electrons. The molecule has 0 fully saturated rings. The highest BCUT2D eigenvalue weighted by Crippen LogP contribution is 2.19. The number of carbonyl (C=O) groups excluding carboxylic acids is 2. The fourth-order valence-corrected chi connectivity index (χ4v) is 10.1. The summed E-state index contributed by atoms with van der Waals surface area (Å²) in [4.78, 5) is 24.5. The number of amides is 1. The highest BCUT2D eigenvalue weighted by atomic mass is 16.5. The second-order valence-electron chi connectivity index (χ2n) is 21.8. The predicted molar refractivity (Wildman–Crippen MR) is 297 cm³/mol. The molecule has 68 heavy (non-hydrogen) atoms. The van der Waals surface area contributed by atoms with Crippen LogP contribution in [0.2, 0.25) is 0 Å². The predicted octanol–water partition coefficient (Wildman–Crippen LogP) is 19.5. The summed E-state index contributed by atoms with van der Waals surface area (Å²) in [5.74, 6) is -0.0125. The van der Waals surface area contributed by atoms with E-state index >= 15 is 0 Å². The number of aliphatic hydroxyl groups is 2. The third-order valence-electron chi connectivity index (χ3n) is 14.9. The summed E-state index contributed by atoms with van der Waals surface area (Å²) in [6.45, 7) is 4.98. The van der Waals surface area contributed by atoms with Gasteiger partial charge in [0.1, 0.15) is 0 Å². The second-order valence-corrected chi connectivity index (χ2v) is 21.8. The molecule has 0 spiro atoms. The van der Waals surface area contributed by atoms with Gasteiger partial charge in [0.15, 0.2) is 0 Å². The summed E-state index contributed by atoms with van der Waals surface area (Å²) >= 11 is 0. The van der Waals surface area contributed by atoms with Crippen molar-refractivity contribution in [3.63, 3.8) is 0 Å². The number of carbonyl (C=O) groups is 2. The fourth-order valence-electron chi connectivity index (χ4n) is 10.1. The van der Waals surface area contributed by atoms with Gasteiger partial charge in [0.2, 0.25) is 5.91 Å². The Balaban J connectivity index is 3.34. The highest BCUT2D eigenvalue weighted by molar-refractivity contribution is 5.76. The molecule has 2 unspecified atom stereocenters. The number of nitrogens with one attached hydrogen (secondary N) is 1. The Morgan fingerprint density at radius 3 is 0.897 bits per heavy atom. The Bertz CT molecular complexity index is 975. The minimum Gasteiger partial charge on any atom is -0.466 e. The van der Waals surface area contributed by atoms with E-state index in [-0.39, 0.29) is 18.5 Å². The molecule has 0 heterocycles. The van der Waals surface area contributed by atoms with Crippen LogP contribution in [0, 0.1) is 0 Å². The monoisotopic (exact) mass is 962 g/mol. The lowest BCUT2D eigenvalue weighted by molar-refractivity contribution is -0.143. The van der Waals surface area contributed by atoms with Gasteiger partial charge in [-0.05, 0) is 25.7 Å². The van der Waals surface area contributed by atoms with Crippen molar-refractivity contribution in [1.29, 1.82) is 0 Å². The average Bonchev–Trinajstić information content (AvgIpc) is 3.34. The molecule has 0 saturated heterocycles. The van der Waals surface area contributed by atoms with E-state index in [1.54, 1.807) is 0 Å². The van der Waals surface area contributed by atoms with Crippen LogP contribution >= 0.6 is 0 Å². The van der Waals surface area contributed by atoms with Crippen molar-refractivity contribution < 1.29 is 24.5 Å². The van der Waals surface area contributed by atoms with E-state index in [0.717, 1.165) is 38.5 Å². The molecule has 0 rings (SSSR count). The molecule has 6 heteroatoms. The first-order chi connectivity index (χ1) is 33.5. The summed E-state index contributed by atoms with van der Waals surface area (Å²) in [6.07, 6.45) is 68.3. The average molecular weight is 963 g/mol. The maximum atomic E-state index is 12.5. The van der Waals surface area contributed by atoms with Gasteiger partial charge in [0, 0.05) is 12.8 Å². The van der Waals surface area contributed by atoms with Gasteiger partial charge in [-0.3, -0.25) is 9.59 Å². The first-order valence-electron chi connectivity index (χ1n) is 31.3. The Morgan fingerprint density at radius 1 is 0.353 bits per heavy atom. The van der Waals surface area contributed by atoms with Gasteiger partial charge >= 0.3 is 5.97 Å². The van der Waals surface area contributed by atoms with E-state index in [9.17, 15) is 19.8 Å². The maximum Gasteiger partial charge on any atom is 0.305 e. The molecular weight excluding hydrogens is 839 g/mol. The lowest BCUT2D eigenvalue weighted by Crippen LogP contribution is -2.45. The molecule has 0 saturated carbocycles. The molecule has 2 atom stereocenters. The van der Waals surface area contributed by atoms with Crippen LogP contribution in [0.3, 0.4) is 0 Å². The summed E-state index contributed by atoms with van der Waals surface area (Å²) in [6, 6.07) is -0.538. The van der Waals surface area contributed by atoms with E-state index < -0.39 is 12.1 Å². The number of rotatable bonds is 59. The van der Waals surface area contributed by atoms with Crippen molar-refractivity contribution in [3.8, 4) is 0 Å². The number of esters is 1. The van der Waals surface area contributed by atoms with Gasteiger partial charge in [0.25, 0.3) is 0 Å². The topological polar surface area (TPSA) is 95.9 Å². The lowest BCUT2D eigenvalue weighted by Gasteiger charge is -2.22. The second kappa shape index (κ2) is 58.4. The summed E-state index contributed by atoms with van der Waals surface area (Å²) in [5.41, 5.74) is 0. The van der Waals surface area contributed by atoms with Gasteiger partial charge in [0.05, 0.1) is 25.4 Å². The summed E-state index contributed by atoms with van der Waals surface area (Å²) in [7, 11) is 0. The highest BCUT2D eigenvalue weighted by Gasteiger charge is 2.20. The molecule has 1 amide bonds.